The molecule has 0 radical (unpaired) electrons. The van der Waals surface area contributed by atoms with Crippen LogP contribution in [0.15, 0.2) is 24.3 Å². The average molecular weight is 234 g/mol. The van der Waals surface area contributed by atoms with E-state index in [0.29, 0.717) is 11.4 Å². The quantitative estimate of drug-likeness (QED) is 0.868. The molecule has 1 amide bonds. The lowest BCUT2D eigenvalue weighted by atomic mass is 10.3. The first-order valence-corrected chi connectivity index (χ1v) is 5.20. The largest absolute Gasteiger partial charge is 0.477 e. The summed E-state index contributed by atoms with van der Waals surface area (Å²) in [7, 11) is 0. The molecule has 5 nitrogen and oxygen atoms in total. The van der Waals surface area contributed by atoms with E-state index in [4.69, 9.17) is 14.7 Å². The summed E-state index contributed by atoms with van der Waals surface area (Å²) in [5, 5.41) is 11.0. The molecule has 17 heavy (non-hydrogen) atoms. The first-order valence-electron chi connectivity index (χ1n) is 5.20. The van der Waals surface area contributed by atoms with Crippen LogP contribution < -0.4 is 10.1 Å². The highest BCUT2D eigenvalue weighted by atomic mass is 16.6. The first-order chi connectivity index (χ1) is 8.13. The number of nitrogens with one attached hydrogen (secondary N) is 1. The van der Waals surface area contributed by atoms with E-state index in [-0.39, 0.29) is 12.7 Å². The van der Waals surface area contributed by atoms with Crippen LogP contribution in [0.2, 0.25) is 0 Å². The van der Waals surface area contributed by atoms with Crippen molar-refractivity contribution in [2.24, 2.45) is 0 Å². The van der Waals surface area contributed by atoms with Crippen LogP contribution in [0.5, 0.6) is 5.75 Å². The van der Waals surface area contributed by atoms with Crippen LogP contribution in [0.4, 0.5) is 10.5 Å². The van der Waals surface area contributed by atoms with Crippen LogP contribution >= 0.6 is 0 Å². The van der Waals surface area contributed by atoms with Crippen molar-refractivity contribution in [3.63, 3.8) is 0 Å². The minimum atomic E-state index is -0.548. The summed E-state index contributed by atoms with van der Waals surface area (Å²) in [5.74, 6) is 0.440. The normalized spacial score (nSPS) is 9.53. The molecule has 0 bridgehead atoms. The zero-order chi connectivity index (χ0) is 12.7. The lowest BCUT2D eigenvalue weighted by molar-refractivity contribution is 0.130. The van der Waals surface area contributed by atoms with Gasteiger partial charge in [-0.05, 0) is 26.0 Å². The summed E-state index contributed by atoms with van der Waals surface area (Å²) in [6.45, 7) is 3.45. The lowest BCUT2D eigenvalue weighted by Crippen LogP contribution is -2.18. The third-order valence-corrected chi connectivity index (χ3v) is 1.76. The van der Waals surface area contributed by atoms with Gasteiger partial charge in [-0.15, -0.1) is 0 Å². The van der Waals surface area contributed by atoms with Crippen LogP contribution in [-0.4, -0.2) is 18.8 Å². The molecular weight excluding hydrogens is 220 g/mol. The highest BCUT2D eigenvalue weighted by molar-refractivity contribution is 5.86. The number of amides is 1. The van der Waals surface area contributed by atoms with Gasteiger partial charge in [-0.25, -0.2) is 4.79 Å². The van der Waals surface area contributed by atoms with E-state index in [1.807, 2.05) is 6.07 Å². The third-order valence-electron chi connectivity index (χ3n) is 1.76. The molecule has 0 aliphatic heterocycles. The van der Waals surface area contributed by atoms with Gasteiger partial charge in [-0.1, -0.05) is 12.1 Å². The average Bonchev–Trinajstić information content (AvgIpc) is 2.26. The van der Waals surface area contributed by atoms with Crippen molar-refractivity contribution >= 4 is 11.8 Å². The molecule has 0 spiro atoms. The number of rotatable bonds is 4. The van der Waals surface area contributed by atoms with Gasteiger partial charge in [0.25, 0.3) is 0 Å². The van der Waals surface area contributed by atoms with Crippen LogP contribution in [0.3, 0.4) is 0 Å². The molecule has 1 N–H and O–H groups in total. The number of carbonyl (C=O) groups excluding carboxylic acids is 1. The van der Waals surface area contributed by atoms with E-state index in [0.717, 1.165) is 0 Å². The first kappa shape index (κ1) is 12.8. The molecule has 1 rings (SSSR count). The van der Waals surface area contributed by atoms with Gasteiger partial charge < -0.3 is 9.47 Å². The number of anilines is 1. The minimum absolute atomic E-state index is 0.0715. The van der Waals surface area contributed by atoms with Gasteiger partial charge in [-0.3, -0.25) is 5.32 Å². The number of hydrogen-bond acceptors (Lipinski definition) is 4. The molecule has 0 saturated carbocycles. The SMILES string of the molecule is CC(C)OC(=O)Nc1ccccc1OCC#N. The molecular formula is C12H14N2O3. The van der Waals surface area contributed by atoms with Crippen LogP contribution in [0.1, 0.15) is 13.8 Å². The summed E-state index contributed by atoms with van der Waals surface area (Å²) in [6, 6.07) is 8.72. The highest BCUT2D eigenvalue weighted by Gasteiger charge is 2.09. The fourth-order valence-electron chi connectivity index (χ4n) is 1.16. The molecule has 0 aliphatic rings. The Bertz CT molecular complexity index is 424. The summed E-state index contributed by atoms with van der Waals surface area (Å²) in [6.07, 6.45) is -0.741. The molecule has 0 aliphatic carbocycles. The predicted octanol–water partition coefficient (Wildman–Crippen LogP) is 2.55. The van der Waals surface area contributed by atoms with Crippen molar-refractivity contribution in [2.45, 2.75) is 20.0 Å². The van der Waals surface area contributed by atoms with Gasteiger partial charge in [-0.2, -0.15) is 5.26 Å². The predicted molar refractivity (Wildman–Crippen MR) is 62.8 cm³/mol. The van der Waals surface area contributed by atoms with E-state index in [1.165, 1.54) is 0 Å². The molecule has 90 valence electrons. The van der Waals surface area contributed by atoms with Gasteiger partial charge in [0, 0.05) is 0 Å². The van der Waals surface area contributed by atoms with Crippen LogP contribution in [-0.2, 0) is 4.74 Å². The Labute approximate surface area is 100.0 Å². The Morgan fingerprint density at radius 2 is 2.18 bits per heavy atom. The fourth-order valence-corrected chi connectivity index (χ4v) is 1.16. The lowest BCUT2D eigenvalue weighted by Gasteiger charge is -2.12. The molecule has 0 saturated heterocycles. The topological polar surface area (TPSA) is 71.3 Å². The maximum absolute atomic E-state index is 11.4. The van der Waals surface area contributed by atoms with E-state index in [1.54, 1.807) is 38.1 Å². The number of nitrogens with zero attached hydrogens (tertiary/aromatic N) is 1. The number of para-hydroxylation sites is 2. The molecule has 0 atom stereocenters. The van der Waals surface area contributed by atoms with Crippen molar-refractivity contribution in [2.75, 3.05) is 11.9 Å². The second kappa shape index (κ2) is 6.38. The van der Waals surface area contributed by atoms with Crippen molar-refractivity contribution in [3.05, 3.63) is 24.3 Å². The zero-order valence-corrected chi connectivity index (χ0v) is 9.77. The van der Waals surface area contributed by atoms with Crippen molar-refractivity contribution in [3.8, 4) is 11.8 Å². The smallest absolute Gasteiger partial charge is 0.411 e. The van der Waals surface area contributed by atoms with Crippen LogP contribution in [0.25, 0.3) is 0 Å². The number of benzene rings is 1. The summed E-state index contributed by atoms with van der Waals surface area (Å²) in [4.78, 5) is 11.4. The van der Waals surface area contributed by atoms with Gasteiger partial charge in [0.2, 0.25) is 0 Å². The molecule has 0 aromatic heterocycles. The molecule has 0 heterocycles. The second-order valence-electron chi connectivity index (χ2n) is 3.52. The highest BCUT2D eigenvalue weighted by Crippen LogP contribution is 2.23. The molecule has 0 unspecified atom stereocenters. The summed E-state index contributed by atoms with van der Waals surface area (Å²) >= 11 is 0. The number of ether oxygens (including phenoxy) is 2. The third kappa shape index (κ3) is 4.43. The number of carbonyl (C=O) groups is 1. The molecule has 1 aromatic rings. The van der Waals surface area contributed by atoms with Gasteiger partial charge in [0.1, 0.15) is 11.8 Å². The second-order valence-corrected chi connectivity index (χ2v) is 3.52. The van der Waals surface area contributed by atoms with E-state index in [9.17, 15) is 4.79 Å². The Balaban J connectivity index is 2.69. The summed E-state index contributed by atoms with van der Waals surface area (Å²) in [5.41, 5.74) is 0.480. The van der Waals surface area contributed by atoms with E-state index < -0.39 is 6.09 Å². The Morgan fingerprint density at radius 1 is 1.47 bits per heavy atom. The summed E-state index contributed by atoms with van der Waals surface area (Å²) < 4.78 is 10.1. The monoisotopic (exact) mass is 234 g/mol. The van der Waals surface area contributed by atoms with E-state index in [2.05, 4.69) is 5.32 Å². The minimum Gasteiger partial charge on any atom is -0.477 e. The maximum Gasteiger partial charge on any atom is 0.411 e. The zero-order valence-electron chi connectivity index (χ0n) is 9.77. The Kier molecular flexibility index (Phi) is 4.82. The molecule has 0 fully saturated rings. The van der Waals surface area contributed by atoms with E-state index >= 15 is 0 Å². The fraction of sp³-hybridized carbons (Fsp3) is 0.333. The molecule has 1 aromatic carbocycles. The van der Waals surface area contributed by atoms with Gasteiger partial charge >= 0.3 is 6.09 Å². The van der Waals surface area contributed by atoms with Gasteiger partial charge in [0.05, 0.1) is 11.8 Å². The Morgan fingerprint density at radius 3 is 2.82 bits per heavy atom. The van der Waals surface area contributed by atoms with Crippen molar-refractivity contribution in [1.82, 2.24) is 0 Å². The van der Waals surface area contributed by atoms with Crippen LogP contribution in [0, 0.1) is 11.3 Å². The Hall–Kier alpha value is -2.22. The van der Waals surface area contributed by atoms with Crippen molar-refractivity contribution in [1.29, 1.82) is 5.26 Å². The number of nitriles is 1. The number of hydrogen-bond donors (Lipinski definition) is 1. The maximum atomic E-state index is 11.4. The standard InChI is InChI=1S/C12H14N2O3/c1-9(2)17-12(15)14-10-5-3-4-6-11(10)16-8-7-13/h3-6,9H,8H2,1-2H3,(H,14,15). The van der Waals surface area contributed by atoms with Crippen molar-refractivity contribution < 1.29 is 14.3 Å². The molecule has 5 heteroatoms. The van der Waals surface area contributed by atoms with Gasteiger partial charge in [0.15, 0.2) is 6.61 Å².